The fraction of sp³-hybridized carbons (Fsp3) is 0.458. The van der Waals surface area contributed by atoms with Crippen molar-refractivity contribution in [2.75, 3.05) is 25.0 Å². The molecule has 1 atom stereocenters. The van der Waals surface area contributed by atoms with Gasteiger partial charge in [-0.05, 0) is 43.1 Å². The summed E-state index contributed by atoms with van der Waals surface area (Å²) < 4.78 is 1.73. The van der Waals surface area contributed by atoms with Gasteiger partial charge in [0.25, 0.3) is 0 Å². The zero-order valence-corrected chi connectivity index (χ0v) is 19.4. The second-order valence-corrected chi connectivity index (χ2v) is 9.52. The summed E-state index contributed by atoms with van der Waals surface area (Å²) in [6.07, 6.45) is 8.33. The van der Waals surface area contributed by atoms with Crippen molar-refractivity contribution in [2.24, 2.45) is 5.92 Å². The third kappa shape index (κ3) is 4.81. The van der Waals surface area contributed by atoms with Gasteiger partial charge in [0.2, 0.25) is 0 Å². The van der Waals surface area contributed by atoms with Crippen LogP contribution in [0, 0.1) is 5.92 Å². The molecular weight excluding hydrogens is 435 g/mol. The van der Waals surface area contributed by atoms with Crippen LogP contribution >= 0.6 is 11.6 Å². The van der Waals surface area contributed by atoms with Crippen LogP contribution in [-0.2, 0) is 0 Å². The molecule has 3 heterocycles. The van der Waals surface area contributed by atoms with Crippen molar-refractivity contribution in [2.45, 2.75) is 44.6 Å². The first-order chi connectivity index (χ1) is 16.1. The first-order valence-corrected chi connectivity index (χ1v) is 12.1. The predicted octanol–water partition coefficient (Wildman–Crippen LogP) is 3.62. The molecule has 1 saturated carbocycles. The van der Waals surface area contributed by atoms with Crippen LogP contribution in [0.5, 0.6) is 0 Å². The lowest BCUT2D eigenvalue weighted by Gasteiger charge is -2.33. The molecule has 9 heteroatoms. The first kappa shape index (κ1) is 22.1. The van der Waals surface area contributed by atoms with Gasteiger partial charge in [-0.2, -0.15) is 9.61 Å². The number of piperidine rings is 1. The Morgan fingerprint density at radius 2 is 2.00 bits per heavy atom. The van der Waals surface area contributed by atoms with Crippen LogP contribution in [0.25, 0.3) is 16.9 Å². The minimum atomic E-state index is 0.0822. The Kier molecular flexibility index (Phi) is 6.44. The van der Waals surface area contributed by atoms with Crippen molar-refractivity contribution in [3.8, 4) is 11.3 Å². The number of amides is 2. The van der Waals surface area contributed by atoms with Crippen LogP contribution in [-0.4, -0.2) is 59.1 Å². The topological polar surface area (TPSA) is 74.6 Å². The molecular formula is C24H28BClN6O. The van der Waals surface area contributed by atoms with E-state index in [0.29, 0.717) is 28.1 Å². The van der Waals surface area contributed by atoms with Crippen LogP contribution in [0.4, 0.5) is 10.6 Å². The molecule has 1 unspecified atom stereocenters. The van der Waals surface area contributed by atoms with Crippen LogP contribution in [0.1, 0.15) is 38.5 Å². The quantitative estimate of drug-likeness (QED) is 0.568. The molecule has 0 spiro atoms. The van der Waals surface area contributed by atoms with E-state index in [9.17, 15) is 4.79 Å². The fourth-order valence-corrected chi connectivity index (χ4v) is 5.15. The van der Waals surface area contributed by atoms with Gasteiger partial charge in [-0.15, -0.1) is 0 Å². The van der Waals surface area contributed by atoms with Crippen LogP contribution in [0.2, 0.25) is 5.02 Å². The van der Waals surface area contributed by atoms with Crippen molar-refractivity contribution in [3.05, 3.63) is 41.6 Å². The molecule has 1 aromatic carbocycles. The number of urea groups is 1. The highest BCUT2D eigenvalue weighted by Gasteiger charge is 2.26. The van der Waals surface area contributed by atoms with Crippen LogP contribution in [0.3, 0.4) is 0 Å². The maximum Gasteiger partial charge on any atom is 0.317 e. The number of anilines is 1. The molecule has 1 aliphatic heterocycles. The Hall–Kier alpha value is -2.74. The van der Waals surface area contributed by atoms with Gasteiger partial charge < -0.3 is 15.5 Å². The summed E-state index contributed by atoms with van der Waals surface area (Å²) in [5, 5.41) is 11.8. The van der Waals surface area contributed by atoms with Gasteiger partial charge in [0, 0.05) is 48.5 Å². The number of fused-ring (bicyclic) bond motifs is 1. The van der Waals surface area contributed by atoms with Crippen molar-refractivity contribution >= 4 is 42.4 Å². The lowest BCUT2D eigenvalue weighted by molar-refractivity contribution is 0.165. The lowest BCUT2D eigenvalue weighted by atomic mass is 9.98. The van der Waals surface area contributed by atoms with E-state index in [1.165, 1.54) is 12.8 Å². The molecule has 170 valence electrons. The summed E-state index contributed by atoms with van der Waals surface area (Å²) in [7, 11) is 6.13. The highest BCUT2D eigenvalue weighted by Crippen LogP contribution is 2.28. The monoisotopic (exact) mass is 462 g/mol. The van der Waals surface area contributed by atoms with E-state index >= 15 is 0 Å². The average Bonchev–Trinajstić information content (AvgIpc) is 3.48. The number of likely N-dealkylation sites (tertiary alicyclic amines) is 1. The lowest BCUT2D eigenvalue weighted by Crippen LogP contribution is -2.49. The molecule has 2 aliphatic rings. The zero-order valence-electron chi connectivity index (χ0n) is 18.6. The number of benzene rings is 1. The van der Waals surface area contributed by atoms with Crippen molar-refractivity contribution < 1.29 is 4.79 Å². The van der Waals surface area contributed by atoms with Gasteiger partial charge in [-0.3, -0.25) is 0 Å². The number of hydrogen-bond acceptors (Lipinski definition) is 4. The first-order valence-electron chi connectivity index (χ1n) is 11.8. The number of carbonyl (C=O) groups excluding carboxylic acids is 1. The van der Waals surface area contributed by atoms with Gasteiger partial charge in [0.15, 0.2) is 5.65 Å². The maximum atomic E-state index is 12.7. The SMILES string of the molecule is [B]c1cnn2c(NCC3CCCN(C(=O)NC4CCCC4)C3)cc(-c3ccccc3Cl)nc12. The molecule has 0 bridgehead atoms. The Morgan fingerprint density at radius 3 is 2.82 bits per heavy atom. The summed E-state index contributed by atoms with van der Waals surface area (Å²) in [5.74, 6) is 1.16. The normalized spacial score (nSPS) is 19.2. The summed E-state index contributed by atoms with van der Waals surface area (Å²) in [5.41, 5.74) is 2.69. The van der Waals surface area contributed by atoms with E-state index in [0.717, 1.165) is 62.4 Å². The second kappa shape index (κ2) is 9.63. The zero-order chi connectivity index (χ0) is 22.8. The molecule has 2 radical (unpaired) electrons. The average molecular weight is 463 g/mol. The Balaban J connectivity index is 1.31. The summed E-state index contributed by atoms with van der Waals surface area (Å²) >= 11 is 6.42. The van der Waals surface area contributed by atoms with E-state index in [2.05, 4.69) is 15.7 Å². The van der Waals surface area contributed by atoms with Gasteiger partial charge in [-0.1, -0.05) is 42.6 Å². The number of rotatable bonds is 5. The molecule has 3 aromatic rings. The molecule has 7 nitrogen and oxygen atoms in total. The van der Waals surface area contributed by atoms with Crippen molar-refractivity contribution in [1.82, 2.24) is 24.8 Å². The molecule has 1 aliphatic carbocycles. The summed E-state index contributed by atoms with van der Waals surface area (Å²) in [6.45, 7) is 2.30. The van der Waals surface area contributed by atoms with Gasteiger partial charge >= 0.3 is 6.03 Å². The third-order valence-corrected chi connectivity index (χ3v) is 7.04. The van der Waals surface area contributed by atoms with E-state index in [-0.39, 0.29) is 6.03 Å². The summed E-state index contributed by atoms with van der Waals surface area (Å²) in [4.78, 5) is 19.4. The minimum absolute atomic E-state index is 0.0822. The highest BCUT2D eigenvalue weighted by atomic mass is 35.5. The third-order valence-electron chi connectivity index (χ3n) is 6.71. The summed E-state index contributed by atoms with van der Waals surface area (Å²) in [6, 6.07) is 10.0. The largest absolute Gasteiger partial charge is 0.370 e. The number of aromatic nitrogens is 3. The molecule has 2 fully saturated rings. The number of carbonyl (C=O) groups is 1. The Labute approximate surface area is 200 Å². The van der Waals surface area contributed by atoms with E-state index in [4.69, 9.17) is 24.4 Å². The number of hydrogen-bond donors (Lipinski definition) is 2. The predicted molar refractivity (Wildman–Crippen MR) is 132 cm³/mol. The molecule has 2 N–H and O–H groups in total. The van der Waals surface area contributed by atoms with E-state index < -0.39 is 0 Å². The molecule has 2 amide bonds. The van der Waals surface area contributed by atoms with Crippen LogP contribution < -0.4 is 16.1 Å². The fourth-order valence-electron chi connectivity index (χ4n) is 4.91. The highest BCUT2D eigenvalue weighted by molar-refractivity contribution is 6.36. The maximum absolute atomic E-state index is 12.7. The van der Waals surface area contributed by atoms with Crippen molar-refractivity contribution in [1.29, 1.82) is 0 Å². The number of halogens is 1. The molecule has 5 rings (SSSR count). The van der Waals surface area contributed by atoms with Gasteiger partial charge in [0.05, 0.1) is 5.69 Å². The van der Waals surface area contributed by atoms with E-state index in [1.54, 1.807) is 10.7 Å². The molecule has 1 saturated heterocycles. The second-order valence-electron chi connectivity index (χ2n) is 9.11. The van der Waals surface area contributed by atoms with Crippen molar-refractivity contribution in [3.63, 3.8) is 0 Å². The van der Waals surface area contributed by atoms with Gasteiger partial charge in [-0.25, -0.2) is 9.78 Å². The Bertz CT molecular complexity index is 1150. The van der Waals surface area contributed by atoms with Crippen LogP contribution in [0.15, 0.2) is 36.5 Å². The molecule has 2 aromatic heterocycles. The van der Waals surface area contributed by atoms with E-state index in [1.807, 2.05) is 35.2 Å². The van der Waals surface area contributed by atoms with Gasteiger partial charge in [0.1, 0.15) is 13.7 Å². The molecule has 33 heavy (non-hydrogen) atoms. The Morgan fingerprint density at radius 1 is 1.18 bits per heavy atom. The number of nitrogens with one attached hydrogen (secondary N) is 2. The number of nitrogens with zero attached hydrogens (tertiary/aromatic N) is 4. The smallest absolute Gasteiger partial charge is 0.317 e. The minimum Gasteiger partial charge on any atom is -0.370 e. The standard InChI is InChI=1S/C24H28BClN6O/c25-19-14-28-32-22(12-21(30-23(19)32)18-9-3-4-10-20(18)26)27-13-16-6-5-11-31(15-16)24(33)29-17-7-1-2-8-17/h3-4,9-10,12,14,16-17,27H,1-2,5-8,11,13,15H2,(H,29,33).